The number of hydrogen-bond donors (Lipinski definition) is 2. The Morgan fingerprint density at radius 2 is 2.30 bits per heavy atom. The van der Waals surface area contributed by atoms with E-state index in [1.165, 1.54) is 0 Å². The lowest BCUT2D eigenvalue weighted by atomic mass is 9.96. The highest BCUT2D eigenvalue weighted by Crippen LogP contribution is 2.18. The molecular formula is C15H21ClN2O2. The fourth-order valence-electron chi connectivity index (χ4n) is 2.41. The summed E-state index contributed by atoms with van der Waals surface area (Å²) in [6.45, 7) is 4.05. The number of halogens is 1. The van der Waals surface area contributed by atoms with Crippen molar-refractivity contribution in [1.29, 1.82) is 0 Å². The summed E-state index contributed by atoms with van der Waals surface area (Å²) in [5.74, 6) is 0.510. The van der Waals surface area contributed by atoms with Crippen molar-refractivity contribution in [1.82, 2.24) is 10.6 Å². The molecule has 1 aliphatic heterocycles. The maximum Gasteiger partial charge on any atom is 0.315 e. The molecule has 1 saturated heterocycles. The largest absolute Gasteiger partial charge is 0.378 e. The van der Waals surface area contributed by atoms with E-state index in [1.54, 1.807) is 0 Å². The molecule has 0 saturated carbocycles. The average molecular weight is 297 g/mol. The summed E-state index contributed by atoms with van der Waals surface area (Å²) in [5.41, 5.74) is 0.993. The molecule has 0 aromatic heterocycles. The molecule has 4 nitrogen and oxygen atoms in total. The molecule has 1 aromatic carbocycles. The molecule has 2 amide bonds. The maximum absolute atomic E-state index is 11.7. The van der Waals surface area contributed by atoms with Crippen LogP contribution in [-0.2, 0) is 11.3 Å². The zero-order chi connectivity index (χ0) is 14.4. The zero-order valence-electron chi connectivity index (χ0n) is 11.7. The molecule has 0 spiro atoms. The van der Waals surface area contributed by atoms with Gasteiger partial charge in [0.25, 0.3) is 0 Å². The quantitative estimate of drug-likeness (QED) is 0.897. The van der Waals surface area contributed by atoms with Crippen LogP contribution in [0.4, 0.5) is 4.79 Å². The fourth-order valence-corrected chi connectivity index (χ4v) is 2.62. The topological polar surface area (TPSA) is 50.4 Å². The normalized spacial score (nSPS) is 22.3. The Bertz CT molecular complexity index is 453. The van der Waals surface area contributed by atoms with Gasteiger partial charge in [-0.1, -0.05) is 23.7 Å². The first kappa shape index (κ1) is 15.1. The van der Waals surface area contributed by atoms with E-state index in [4.69, 9.17) is 16.3 Å². The van der Waals surface area contributed by atoms with Gasteiger partial charge in [0.05, 0.1) is 6.10 Å². The third-order valence-corrected chi connectivity index (χ3v) is 3.72. The van der Waals surface area contributed by atoms with Gasteiger partial charge in [-0.15, -0.1) is 0 Å². The first-order chi connectivity index (χ1) is 9.63. The molecule has 0 unspecified atom stereocenters. The van der Waals surface area contributed by atoms with Crippen molar-refractivity contribution in [2.45, 2.75) is 32.4 Å². The van der Waals surface area contributed by atoms with Crippen molar-refractivity contribution >= 4 is 17.6 Å². The van der Waals surface area contributed by atoms with Gasteiger partial charge in [-0.3, -0.25) is 0 Å². The second kappa shape index (κ2) is 7.50. The number of hydrogen-bond acceptors (Lipinski definition) is 2. The summed E-state index contributed by atoms with van der Waals surface area (Å²) in [6.07, 6.45) is 2.32. The molecule has 0 bridgehead atoms. The molecule has 1 aliphatic rings. The van der Waals surface area contributed by atoms with E-state index < -0.39 is 0 Å². The summed E-state index contributed by atoms with van der Waals surface area (Å²) in [7, 11) is 0. The van der Waals surface area contributed by atoms with Crippen molar-refractivity contribution in [3.8, 4) is 0 Å². The van der Waals surface area contributed by atoms with Crippen LogP contribution in [0.1, 0.15) is 25.3 Å². The standard InChI is InChI=1S/C15H21ClN2O2/c1-11-7-13(5-6-20-11)10-18-15(19)17-9-12-3-2-4-14(16)8-12/h2-4,8,11,13H,5-7,9-10H2,1H3,(H2,17,18,19)/t11-,13+/m1/s1. The van der Waals surface area contributed by atoms with Crippen LogP contribution in [0.5, 0.6) is 0 Å². The first-order valence-electron chi connectivity index (χ1n) is 7.01. The van der Waals surface area contributed by atoms with Gasteiger partial charge in [-0.25, -0.2) is 4.79 Å². The summed E-state index contributed by atoms with van der Waals surface area (Å²) >= 11 is 5.90. The number of rotatable bonds is 4. The van der Waals surface area contributed by atoms with E-state index in [0.717, 1.165) is 25.0 Å². The van der Waals surface area contributed by atoms with Gasteiger partial charge >= 0.3 is 6.03 Å². The van der Waals surface area contributed by atoms with Gasteiger partial charge < -0.3 is 15.4 Å². The Kier molecular flexibility index (Phi) is 5.68. The lowest BCUT2D eigenvalue weighted by Gasteiger charge is -2.27. The Labute approximate surface area is 124 Å². The van der Waals surface area contributed by atoms with E-state index in [0.29, 0.717) is 30.1 Å². The Balaban J connectivity index is 1.67. The average Bonchev–Trinajstić information content (AvgIpc) is 2.43. The predicted molar refractivity (Wildman–Crippen MR) is 79.8 cm³/mol. The minimum absolute atomic E-state index is 0.135. The number of urea groups is 1. The van der Waals surface area contributed by atoms with E-state index in [-0.39, 0.29) is 6.03 Å². The third kappa shape index (κ3) is 5.02. The van der Waals surface area contributed by atoms with E-state index in [9.17, 15) is 4.79 Å². The van der Waals surface area contributed by atoms with Crippen molar-refractivity contribution in [3.05, 3.63) is 34.9 Å². The molecule has 0 radical (unpaired) electrons. The SMILES string of the molecule is C[C@@H]1C[C@@H](CNC(=O)NCc2cccc(Cl)c2)CCO1. The summed E-state index contributed by atoms with van der Waals surface area (Å²) in [4.78, 5) is 11.7. The van der Waals surface area contributed by atoms with Gasteiger partial charge in [0.2, 0.25) is 0 Å². The summed E-state index contributed by atoms with van der Waals surface area (Å²) < 4.78 is 5.49. The number of nitrogens with one attached hydrogen (secondary N) is 2. The molecule has 110 valence electrons. The summed E-state index contributed by atoms with van der Waals surface area (Å²) in [5, 5.41) is 6.44. The second-order valence-electron chi connectivity index (χ2n) is 5.27. The smallest absolute Gasteiger partial charge is 0.315 e. The van der Waals surface area contributed by atoms with Gasteiger partial charge in [-0.05, 0) is 43.4 Å². The minimum atomic E-state index is -0.135. The molecule has 2 atom stereocenters. The molecule has 2 rings (SSSR count). The second-order valence-corrected chi connectivity index (χ2v) is 5.70. The number of carbonyl (C=O) groups excluding carboxylic acids is 1. The van der Waals surface area contributed by atoms with Gasteiger partial charge in [0.1, 0.15) is 0 Å². The Morgan fingerprint density at radius 1 is 1.45 bits per heavy atom. The van der Waals surface area contributed by atoms with Crippen LogP contribution in [0.3, 0.4) is 0 Å². The number of benzene rings is 1. The number of ether oxygens (including phenoxy) is 1. The highest BCUT2D eigenvalue weighted by molar-refractivity contribution is 6.30. The number of carbonyl (C=O) groups is 1. The van der Waals surface area contributed by atoms with E-state index in [2.05, 4.69) is 17.6 Å². The maximum atomic E-state index is 11.7. The molecule has 5 heteroatoms. The van der Waals surface area contributed by atoms with Crippen LogP contribution >= 0.6 is 11.6 Å². The van der Waals surface area contributed by atoms with Crippen LogP contribution in [0.2, 0.25) is 5.02 Å². The summed E-state index contributed by atoms with van der Waals surface area (Å²) in [6, 6.07) is 7.34. The van der Waals surface area contributed by atoms with Gasteiger partial charge in [-0.2, -0.15) is 0 Å². The Morgan fingerprint density at radius 3 is 3.05 bits per heavy atom. The molecule has 1 heterocycles. The highest BCUT2D eigenvalue weighted by atomic mass is 35.5. The zero-order valence-corrected chi connectivity index (χ0v) is 12.5. The lowest BCUT2D eigenvalue weighted by Crippen LogP contribution is -2.39. The van der Waals surface area contributed by atoms with E-state index in [1.807, 2.05) is 24.3 Å². The Hall–Kier alpha value is -1.26. The molecule has 2 N–H and O–H groups in total. The van der Waals surface area contributed by atoms with Gasteiger partial charge in [0, 0.05) is 24.7 Å². The van der Waals surface area contributed by atoms with Crippen molar-refractivity contribution in [2.24, 2.45) is 5.92 Å². The lowest BCUT2D eigenvalue weighted by molar-refractivity contribution is 0.00346. The van der Waals surface area contributed by atoms with E-state index >= 15 is 0 Å². The molecular weight excluding hydrogens is 276 g/mol. The van der Waals surface area contributed by atoms with Crippen molar-refractivity contribution in [2.75, 3.05) is 13.2 Å². The van der Waals surface area contributed by atoms with Crippen LogP contribution in [0.15, 0.2) is 24.3 Å². The molecule has 0 aliphatic carbocycles. The van der Waals surface area contributed by atoms with Gasteiger partial charge in [0.15, 0.2) is 0 Å². The minimum Gasteiger partial charge on any atom is -0.378 e. The van der Waals surface area contributed by atoms with Crippen molar-refractivity contribution in [3.63, 3.8) is 0 Å². The van der Waals surface area contributed by atoms with Crippen LogP contribution < -0.4 is 10.6 Å². The predicted octanol–water partition coefficient (Wildman–Crippen LogP) is 2.95. The molecule has 20 heavy (non-hydrogen) atoms. The van der Waals surface area contributed by atoms with Crippen LogP contribution in [0, 0.1) is 5.92 Å². The van der Waals surface area contributed by atoms with Crippen LogP contribution in [0.25, 0.3) is 0 Å². The van der Waals surface area contributed by atoms with Crippen LogP contribution in [-0.4, -0.2) is 25.3 Å². The third-order valence-electron chi connectivity index (χ3n) is 3.49. The molecule has 1 aromatic rings. The monoisotopic (exact) mass is 296 g/mol. The molecule has 1 fully saturated rings. The number of amides is 2. The van der Waals surface area contributed by atoms with Crippen molar-refractivity contribution < 1.29 is 9.53 Å². The fraction of sp³-hybridized carbons (Fsp3) is 0.533. The first-order valence-corrected chi connectivity index (χ1v) is 7.39. The highest BCUT2D eigenvalue weighted by Gasteiger charge is 2.19.